The quantitative estimate of drug-likeness (QED) is 0.848. The molecule has 0 bridgehead atoms. The molecule has 19 heavy (non-hydrogen) atoms. The molecule has 1 aromatic carbocycles. The Kier molecular flexibility index (Phi) is 3.75. The average Bonchev–Trinajstić information content (AvgIpc) is 2.37. The van der Waals surface area contributed by atoms with Crippen LogP contribution in [0.1, 0.15) is 12.6 Å². The van der Waals surface area contributed by atoms with Crippen molar-refractivity contribution in [2.24, 2.45) is 5.73 Å². The number of nitrogens with one attached hydrogen (secondary N) is 1. The number of para-hydroxylation sites is 1. The zero-order chi connectivity index (χ0) is 13.8. The van der Waals surface area contributed by atoms with Crippen molar-refractivity contribution in [1.29, 1.82) is 0 Å². The number of rotatable bonds is 4. The Morgan fingerprint density at radius 2 is 2.00 bits per heavy atom. The lowest BCUT2D eigenvalue weighted by Gasteiger charge is -2.13. The van der Waals surface area contributed by atoms with Crippen molar-refractivity contribution in [2.45, 2.75) is 19.4 Å². The second-order valence-electron chi connectivity index (χ2n) is 4.35. The molecule has 0 saturated carbocycles. The highest BCUT2D eigenvalue weighted by Gasteiger charge is 2.17. The van der Waals surface area contributed by atoms with Crippen LogP contribution in [0.3, 0.4) is 0 Å². The molecule has 0 saturated heterocycles. The fourth-order valence-corrected chi connectivity index (χ4v) is 1.90. The summed E-state index contributed by atoms with van der Waals surface area (Å²) in [6.07, 6.45) is 0.291. The van der Waals surface area contributed by atoms with Crippen LogP contribution in [0.25, 0.3) is 10.9 Å². The normalized spacial score (nSPS) is 12.1. The first kappa shape index (κ1) is 13.0. The number of hydrogen-bond donors (Lipinski definition) is 2. The highest BCUT2D eigenvalue weighted by molar-refractivity contribution is 5.86. The largest absolute Gasteiger partial charge is 0.368 e. The van der Waals surface area contributed by atoms with Gasteiger partial charge in [0, 0.05) is 24.4 Å². The summed E-state index contributed by atoms with van der Waals surface area (Å²) in [6.45, 7) is 1.35. The predicted octanol–water partition coefficient (Wildman–Crippen LogP) is 0.767. The highest BCUT2D eigenvalue weighted by Crippen LogP contribution is 2.12. The van der Waals surface area contributed by atoms with Crippen LogP contribution in [0.2, 0.25) is 0 Å². The van der Waals surface area contributed by atoms with E-state index in [0.29, 0.717) is 6.42 Å². The molecule has 1 heterocycles. The maximum Gasteiger partial charge on any atom is 0.240 e. The molecule has 3 N–H and O–H groups in total. The fourth-order valence-electron chi connectivity index (χ4n) is 1.90. The molecule has 2 rings (SSSR count). The SMILES string of the molecule is CC(=O)N[C@@H](Cc1ccc2ccccc2n1)C(N)=O. The lowest BCUT2D eigenvalue weighted by Crippen LogP contribution is -2.45. The minimum absolute atomic E-state index is 0.287. The van der Waals surface area contributed by atoms with Gasteiger partial charge in [-0.15, -0.1) is 0 Å². The first-order valence-electron chi connectivity index (χ1n) is 5.97. The van der Waals surface area contributed by atoms with Gasteiger partial charge in [-0.3, -0.25) is 14.6 Å². The third kappa shape index (κ3) is 3.28. The number of carbonyl (C=O) groups is 2. The van der Waals surface area contributed by atoms with E-state index < -0.39 is 11.9 Å². The molecule has 0 aliphatic heterocycles. The van der Waals surface area contributed by atoms with Crippen molar-refractivity contribution in [3.05, 3.63) is 42.1 Å². The molecular weight excluding hydrogens is 242 g/mol. The number of pyridine rings is 1. The minimum atomic E-state index is -0.730. The molecule has 0 fully saturated rings. The number of carbonyl (C=O) groups excluding carboxylic acids is 2. The summed E-state index contributed by atoms with van der Waals surface area (Å²) in [4.78, 5) is 26.8. The van der Waals surface area contributed by atoms with Crippen molar-refractivity contribution >= 4 is 22.7 Å². The molecule has 2 amide bonds. The van der Waals surface area contributed by atoms with Gasteiger partial charge >= 0.3 is 0 Å². The lowest BCUT2D eigenvalue weighted by molar-refractivity contribution is -0.126. The van der Waals surface area contributed by atoms with Crippen LogP contribution in [0.5, 0.6) is 0 Å². The molecule has 0 aliphatic carbocycles. The van der Waals surface area contributed by atoms with Gasteiger partial charge < -0.3 is 11.1 Å². The smallest absolute Gasteiger partial charge is 0.240 e. The third-order valence-electron chi connectivity index (χ3n) is 2.79. The van der Waals surface area contributed by atoms with Crippen LogP contribution < -0.4 is 11.1 Å². The maximum atomic E-state index is 11.3. The van der Waals surface area contributed by atoms with Gasteiger partial charge in [0.05, 0.1) is 5.52 Å². The lowest BCUT2D eigenvalue weighted by atomic mass is 10.1. The molecule has 1 aromatic heterocycles. The first-order valence-corrected chi connectivity index (χ1v) is 5.97. The molecule has 1 atom stereocenters. The van der Waals surface area contributed by atoms with E-state index in [4.69, 9.17) is 5.73 Å². The van der Waals surface area contributed by atoms with Crippen molar-refractivity contribution in [1.82, 2.24) is 10.3 Å². The van der Waals surface area contributed by atoms with E-state index in [0.717, 1.165) is 16.6 Å². The highest BCUT2D eigenvalue weighted by atomic mass is 16.2. The molecule has 0 spiro atoms. The van der Waals surface area contributed by atoms with E-state index in [9.17, 15) is 9.59 Å². The summed E-state index contributed by atoms with van der Waals surface area (Å²) < 4.78 is 0. The van der Waals surface area contributed by atoms with Gasteiger partial charge in [0.25, 0.3) is 0 Å². The van der Waals surface area contributed by atoms with Gasteiger partial charge in [-0.05, 0) is 12.1 Å². The predicted molar refractivity (Wildman–Crippen MR) is 72.2 cm³/mol. The summed E-state index contributed by atoms with van der Waals surface area (Å²) >= 11 is 0. The number of benzene rings is 1. The monoisotopic (exact) mass is 257 g/mol. The Hall–Kier alpha value is -2.43. The van der Waals surface area contributed by atoms with Gasteiger partial charge in [-0.25, -0.2) is 0 Å². The molecule has 0 unspecified atom stereocenters. The number of fused-ring (bicyclic) bond motifs is 1. The molecule has 5 nitrogen and oxygen atoms in total. The Bertz CT molecular complexity index is 625. The van der Waals surface area contributed by atoms with Crippen LogP contribution in [0.4, 0.5) is 0 Å². The standard InChI is InChI=1S/C14H15N3O2/c1-9(18)16-13(14(15)19)8-11-7-6-10-4-2-3-5-12(10)17-11/h2-7,13H,8H2,1H3,(H2,15,19)(H,16,18)/t13-/m0/s1. The summed E-state index contributed by atoms with van der Waals surface area (Å²) in [5.41, 5.74) is 6.84. The summed E-state index contributed by atoms with van der Waals surface area (Å²) in [5, 5.41) is 3.55. The van der Waals surface area contributed by atoms with E-state index >= 15 is 0 Å². The van der Waals surface area contributed by atoms with Gasteiger partial charge in [-0.2, -0.15) is 0 Å². The van der Waals surface area contributed by atoms with Gasteiger partial charge in [-0.1, -0.05) is 24.3 Å². The van der Waals surface area contributed by atoms with Crippen LogP contribution in [0, 0.1) is 0 Å². The van der Waals surface area contributed by atoms with Crippen LogP contribution in [0.15, 0.2) is 36.4 Å². The van der Waals surface area contributed by atoms with Crippen molar-refractivity contribution in [3.63, 3.8) is 0 Å². The third-order valence-corrected chi connectivity index (χ3v) is 2.79. The number of hydrogen-bond acceptors (Lipinski definition) is 3. The average molecular weight is 257 g/mol. The fraction of sp³-hybridized carbons (Fsp3) is 0.214. The number of nitrogens with two attached hydrogens (primary N) is 1. The summed E-state index contributed by atoms with van der Waals surface area (Å²) in [7, 11) is 0. The molecular formula is C14H15N3O2. The first-order chi connectivity index (χ1) is 9.06. The Balaban J connectivity index is 2.23. The zero-order valence-electron chi connectivity index (χ0n) is 10.6. The van der Waals surface area contributed by atoms with E-state index in [-0.39, 0.29) is 5.91 Å². The summed E-state index contributed by atoms with van der Waals surface area (Å²) in [5.74, 6) is -0.852. The Labute approximate surface area is 110 Å². The van der Waals surface area contributed by atoms with E-state index in [1.807, 2.05) is 36.4 Å². The minimum Gasteiger partial charge on any atom is -0.368 e. The van der Waals surface area contributed by atoms with Crippen molar-refractivity contribution < 1.29 is 9.59 Å². The number of nitrogens with zero attached hydrogens (tertiary/aromatic N) is 1. The van der Waals surface area contributed by atoms with Crippen LogP contribution in [-0.4, -0.2) is 22.8 Å². The number of amides is 2. The van der Waals surface area contributed by atoms with Crippen molar-refractivity contribution in [3.8, 4) is 0 Å². The van der Waals surface area contributed by atoms with Gasteiger partial charge in [0.15, 0.2) is 0 Å². The van der Waals surface area contributed by atoms with Crippen LogP contribution >= 0.6 is 0 Å². The Morgan fingerprint density at radius 1 is 1.26 bits per heavy atom. The topological polar surface area (TPSA) is 85.1 Å². The second-order valence-corrected chi connectivity index (χ2v) is 4.35. The maximum absolute atomic E-state index is 11.3. The molecule has 0 radical (unpaired) electrons. The zero-order valence-corrected chi connectivity index (χ0v) is 10.6. The Morgan fingerprint density at radius 3 is 2.68 bits per heavy atom. The molecule has 0 aliphatic rings. The van der Waals surface area contributed by atoms with Crippen LogP contribution in [-0.2, 0) is 16.0 Å². The van der Waals surface area contributed by atoms with Crippen molar-refractivity contribution in [2.75, 3.05) is 0 Å². The van der Waals surface area contributed by atoms with E-state index in [2.05, 4.69) is 10.3 Å². The van der Waals surface area contributed by atoms with Gasteiger partial charge in [0.2, 0.25) is 11.8 Å². The number of primary amides is 1. The van der Waals surface area contributed by atoms with E-state index in [1.54, 1.807) is 0 Å². The second kappa shape index (κ2) is 5.48. The van der Waals surface area contributed by atoms with E-state index in [1.165, 1.54) is 6.92 Å². The molecule has 98 valence electrons. The summed E-state index contributed by atoms with van der Waals surface area (Å²) in [6, 6.07) is 10.7. The molecule has 5 heteroatoms. The number of aromatic nitrogens is 1. The van der Waals surface area contributed by atoms with Gasteiger partial charge in [0.1, 0.15) is 6.04 Å². The molecule has 2 aromatic rings.